The van der Waals surface area contributed by atoms with Gasteiger partial charge in [-0.3, -0.25) is 18.6 Å². The molecule has 0 heterocycles. The molecule has 1 aliphatic carbocycles. The first-order chi connectivity index (χ1) is 26.9. The summed E-state index contributed by atoms with van der Waals surface area (Å²) in [4.78, 5) is 35.4. The van der Waals surface area contributed by atoms with Crippen LogP contribution in [0.1, 0.15) is 136 Å². The zero-order valence-corrected chi connectivity index (χ0v) is 34.5. The summed E-state index contributed by atoms with van der Waals surface area (Å²) in [5.74, 6) is -1.21. The average Bonchev–Trinajstić information content (AvgIpc) is 3.18. The third kappa shape index (κ3) is 25.0. The lowest BCUT2D eigenvalue weighted by Crippen LogP contribution is -2.64. The Kier molecular flexibility index (Phi) is 29.9. The lowest BCUT2D eigenvalue weighted by Gasteiger charge is -2.41. The molecule has 0 aromatic heterocycles. The van der Waals surface area contributed by atoms with Gasteiger partial charge in [0.1, 0.15) is 43.2 Å². The van der Waals surface area contributed by atoms with Crippen molar-refractivity contribution in [2.45, 2.75) is 179 Å². The number of hydrogen-bond acceptors (Lipinski definition) is 12. The van der Waals surface area contributed by atoms with E-state index in [1.54, 1.807) is 0 Å². The minimum Gasteiger partial charge on any atom is -0.462 e. The van der Waals surface area contributed by atoms with Crippen molar-refractivity contribution in [3.63, 3.8) is 0 Å². The Morgan fingerprint density at radius 1 is 0.554 bits per heavy atom. The second-order valence-corrected chi connectivity index (χ2v) is 15.5. The van der Waals surface area contributed by atoms with Crippen molar-refractivity contribution >= 4 is 19.8 Å². The van der Waals surface area contributed by atoms with E-state index in [-0.39, 0.29) is 12.8 Å². The van der Waals surface area contributed by atoms with Gasteiger partial charge in [0, 0.05) is 12.8 Å². The van der Waals surface area contributed by atoms with Crippen molar-refractivity contribution in [1.82, 2.24) is 0 Å². The number of esters is 2. The van der Waals surface area contributed by atoms with Crippen LogP contribution in [0.15, 0.2) is 60.8 Å². The fourth-order valence-electron chi connectivity index (χ4n) is 5.74. The van der Waals surface area contributed by atoms with Crippen molar-refractivity contribution in [2.24, 2.45) is 0 Å². The number of carbonyl (C=O) groups excluding carboxylic acids is 2. The number of unbranched alkanes of at least 4 members (excludes halogenated alkanes) is 10. The van der Waals surface area contributed by atoms with Gasteiger partial charge >= 0.3 is 19.8 Å². The molecule has 0 spiro atoms. The highest BCUT2D eigenvalue weighted by Crippen LogP contribution is 2.47. The second-order valence-electron chi connectivity index (χ2n) is 14.1. The van der Waals surface area contributed by atoms with Crippen LogP contribution in [0.5, 0.6) is 0 Å². The van der Waals surface area contributed by atoms with Crippen LogP contribution in [0.2, 0.25) is 0 Å². The Hall–Kier alpha value is -2.45. The molecule has 0 amide bonds. The first-order valence-electron chi connectivity index (χ1n) is 20.6. The summed E-state index contributed by atoms with van der Waals surface area (Å²) in [6.45, 7) is 3.13. The Morgan fingerprint density at radius 3 is 1.54 bits per heavy atom. The van der Waals surface area contributed by atoms with Crippen LogP contribution in [-0.2, 0) is 32.7 Å². The van der Waals surface area contributed by atoms with Gasteiger partial charge in [0.2, 0.25) is 0 Å². The number of ether oxygens (including phenoxy) is 2. The summed E-state index contributed by atoms with van der Waals surface area (Å²) in [6.07, 6.45) is 24.7. The fourth-order valence-corrected chi connectivity index (χ4v) is 6.71. The summed E-state index contributed by atoms with van der Waals surface area (Å²) in [5.41, 5.74) is 0. The van der Waals surface area contributed by atoms with E-state index in [1.807, 2.05) is 18.2 Å². The van der Waals surface area contributed by atoms with Gasteiger partial charge in [-0.1, -0.05) is 132 Å². The highest BCUT2D eigenvalue weighted by atomic mass is 31.2. The maximum Gasteiger partial charge on any atom is 0.472 e. The van der Waals surface area contributed by atoms with Gasteiger partial charge in [-0.25, -0.2) is 4.57 Å². The number of aliphatic hydroxyl groups excluding tert-OH is 5. The van der Waals surface area contributed by atoms with E-state index >= 15 is 0 Å². The molecule has 0 aromatic carbocycles. The first kappa shape index (κ1) is 51.6. The van der Waals surface area contributed by atoms with Crippen LogP contribution in [0, 0.1) is 0 Å². The number of phosphoric acid groups is 1. The number of hydrogen-bond donors (Lipinski definition) is 6. The molecule has 8 atom stereocenters. The molecule has 1 rings (SSSR count). The first-order valence-corrected chi connectivity index (χ1v) is 22.1. The SMILES string of the molecule is CCCCC/C=C/C/C=C/C/C=C/C/C=C/C/C=C/CCC(=O)OC[C@@H](COP(=O)(O)OC1C(O)C(O)C(O)[C@H](O)C1O)OC(=O)CCCCCCCCCC. The molecule has 14 heteroatoms. The van der Waals surface area contributed by atoms with Crippen molar-refractivity contribution in [2.75, 3.05) is 13.2 Å². The van der Waals surface area contributed by atoms with Crippen LogP contribution in [0.4, 0.5) is 0 Å². The molecule has 13 nitrogen and oxygen atoms in total. The van der Waals surface area contributed by atoms with Crippen LogP contribution in [-0.4, -0.2) is 98.3 Å². The standard InChI is InChI=1S/C42H71O13P/c1-3-5-7-9-11-13-14-15-16-17-18-19-20-21-22-23-25-26-28-30-35(43)52-32-34(54-36(44)31-29-27-24-12-10-8-6-4-2)33-53-56(50,51)55-42-40(48)38(46)37(45)39(47)41(42)49/h11,13,15-16,18-19,21-22,25-26,34,37-42,45-49H,3-10,12,14,17,20,23-24,27-33H2,1-2H3,(H,50,51)/b13-11+,16-15+,19-18+,22-21+,26-25+/t34-,37?,38-,39?,40?,41?,42?/m0/s1. The predicted molar refractivity (Wildman–Crippen MR) is 216 cm³/mol. The summed E-state index contributed by atoms with van der Waals surface area (Å²) in [6, 6.07) is 0. The van der Waals surface area contributed by atoms with Crippen LogP contribution in [0.25, 0.3) is 0 Å². The molecule has 1 fully saturated rings. The van der Waals surface area contributed by atoms with E-state index in [4.69, 9.17) is 18.5 Å². The predicted octanol–water partition coefficient (Wildman–Crippen LogP) is 6.99. The quantitative estimate of drug-likeness (QED) is 0.0175. The van der Waals surface area contributed by atoms with Crippen molar-refractivity contribution < 1.29 is 63.1 Å². The largest absolute Gasteiger partial charge is 0.472 e. The normalized spacial score (nSPS) is 23.5. The second kappa shape index (κ2) is 32.5. The van der Waals surface area contributed by atoms with Crippen molar-refractivity contribution in [3.8, 4) is 0 Å². The Labute approximate surface area is 334 Å². The molecule has 322 valence electrons. The van der Waals surface area contributed by atoms with Gasteiger partial charge in [-0.2, -0.15) is 0 Å². The third-order valence-corrected chi connectivity index (χ3v) is 10.1. The average molecular weight is 815 g/mol. The third-order valence-electron chi connectivity index (χ3n) is 9.13. The van der Waals surface area contributed by atoms with Crippen molar-refractivity contribution in [1.29, 1.82) is 0 Å². The Morgan fingerprint density at radius 2 is 1.00 bits per heavy atom. The van der Waals surface area contributed by atoms with Gasteiger partial charge in [-0.05, 0) is 51.4 Å². The molecule has 0 bridgehead atoms. The lowest BCUT2D eigenvalue weighted by molar-refractivity contribution is -0.220. The highest BCUT2D eigenvalue weighted by Gasteiger charge is 2.51. The van der Waals surface area contributed by atoms with Gasteiger partial charge in [0.25, 0.3) is 0 Å². The Bertz CT molecular complexity index is 1220. The van der Waals surface area contributed by atoms with E-state index in [2.05, 4.69) is 56.4 Å². The van der Waals surface area contributed by atoms with E-state index in [0.717, 1.165) is 57.8 Å². The van der Waals surface area contributed by atoms with Gasteiger partial charge in [-0.15, -0.1) is 0 Å². The molecule has 56 heavy (non-hydrogen) atoms. The van der Waals surface area contributed by atoms with E-state index in [0.29, 0.717) is 19.3 Å². The van der Waals surface area contributed by atoms with E-state index < -0.39 is 75.7 Å². The summed E-state index contributed by atoms with van der Waals surface area (Å²) < 4.78 is 33.2. The molecule has 1 saturated carbocycles. The maximum atomic E-state index is 12.7. The van der Waals surface area contributed by atoms with Gasteiger partial charge < -0.3 is 39.9 Å². The zero-order valence-electron chi connectivity index (χ0n) is 33.7. The smallest absolute Gasteiger partial charge is 0.462 e. The minimum absolute atomic E-state index is 0.0421. The van der Waals surface area contributed by atoms with Crippen LogP contribution in [0.3, 0.4) is 0 Å². The summed E-state index contributed by atoms with van der Waals surface area (Å²) >= 11 is 0. The maximum absolute atomic E-state index is 12.7. The number of allylic oxidation sites excluding steroid dienone is 10. The molecule has 0 saturated heterocycles. The van der Waals surface area contributed by atoms with Gasteiger partial charge in [0.15, 0.2) is 6.10 Å². The summed E-state index contributed by atoms with van der Waals surface area (Å²) in [7, 11) is -5.12. The Balaban J connectivity index is 2.52. The fraction of sp³-hybridized carbons (Fsp3) is 0.714. The molecule has 0 radical (unpaired) electrons. The molecular weight excluding hydrogens is 743 g/mol. The number of rotatable bonds is 32. The van der Waals surface area contributed by atoms with Crippen molar-refractivity contribution in [3.05, 3.63) is 60.8 Å². The number of carbonyl (C=O) groups is 2. The lowest BCUT2D eigenvalue weighted by atomic mass is 9.85. The number of phosphoric ester groups is 1. The molecule has 1 aliphatic rings. The summed E-state index contributed by atoms with van der Waals surface area (Å²) in [5, 5.41) is 49.9. The van der Waals surface area contributed by atoms with Crippen LogP contribution < -0.4 is 0 Å². The van der Waals surface area contributed by atoms with Gasteiger partial charge in [0.05, 0.1) is 6.61 Å². The molecule has 0 aliphatic heterocycles. The number of aliphatic hydroxyl groups is 5. The molecular formula is C42H71O13P. The molecule has 6 unspecified atom stereocenters. The van der Waals surface area contributed by atoms with Crippen LogP contribution >= 0.6 is 7.82 Å². The van der Waals surface area contributed by atoms with E-state index in [1.165, 1.54) is 32.1 Å². The minimum atomic E-state index is -5.12. The molecule has 0 aromatic rings. The highest BCUT2D eigenvalue weighted by molar-refractivity contribution is 7.47. The topological polar surface area (TPSA) is 210 Å². The monoisotopic (exact) mass is 814 g/mol. The van der Waals surface area contributed by atoms with E-state index in [9.17, 15) is 44.6 Å². The zero-order chi connectivity index (χ0) is 41.4. The molecule has 6 N–H and O–H groups in total.